The lowest BCUT2D eigenvalue weighted by Gasteiger charge is -2.28. The summed E-state index contributed by atoms with van der Waals surface area (Å²) in [5.74, 6) is 0.654. The van der Waals surface area contributed by atoms with Crippen LogP contribution in [0, 0.1) is 0 Å². The van der Waals surface area contributed by atoms with Crippen molar-refractivity contribution < 1.29 is 9.90 Å². The molecule has 1 fully saturated rings. The lowest BCUT2D eigenvalue weighted by Crippen LogP contribution is -2.42. The van der Waals surface area contributed by atoms with Crippen LogP contribution < -0.4 is 5.32 Å². The van der Waals surface area contributed by atoms with Crippen molar-refractivity contribution in [1.29, 1.82) is 0 Å². The number of hydrogen-bond donors (Lipinski definition) is 2. The molecule has 0 saturated heterocycles. The fourth-order valence-electron chi connectivity index (χ4n) is 3.18. The molecule has 20 heavy (non-hydrogen) atoms. The number of rotatable bonds is 3. The first kappa shape index (κ1) is 13.4. The van der Waals surface area contributed by atoms with Gasteiger partial charge in [0.25, 0.3) is 5.91 Å². The van der Waals surface area contributed by atoms with Gasteiger partial charge in [0.15, 0.2) is 0 Å². The summed E-state index contributed by atoms with van der Waals surface area (Å²) in [7, 11) is 1.74. The minimum absolute atomic E-state index is 0.117. The average molecular weight is 278 g/mol. The van der Waals surface area contributed by atoms with E-state index in [0.717, 1.165) is 51.1 Å². The molecule has 2 N–H and O–H groups in total. The van der Waals surface area contributed by atoms with Crippen LogP contribution in [0.3, 0.4) is 0 Å². The van der Waals surface area contributed by atoms with Gasteiger partial charge in [0.05, 0.1) is 5.60 Å². The van der Waals surface area contributed by atoms with Crippen LogP contribution >= 0.6 is 0 Å². The molecule has 1 amide bonds. The Bertz CT molecular complexity index is 482. The number of fused-ring (bicyclic) bond motifs is 1. The third-order valence-electron chi connectivity index (χ3n) is 4.27. The highest BCUT2D eigenvalue weighted by Gasteiger charge is 2.34. The van der Waals surface area contributed by atoms with Gasteiger partial charge in [-0.25, -0.2) is 4.98 Å². The van der Waals surface area contributed by atoms with Crippen molar-refractivity contribution in [3.63, 3.8) is 0 Å². The Balaban J connectivity index is 1.70. The number of hydrogen-bond acceptors (Lipinski definition) is 4. The van der Waals surface area contributed by atoms with Crippen LogP contribution in [0.4, 0.5) is 5.95 Å². The first-order valence-corrected chi connectivity index (χ1v) is 7.36. The fourth-order valence-corrected chi connectivity index (χ4v) is 3.18. The highest BCUT2D eigenvalue weighted by molar-refractivity contribution is 5.92. The summed E-state index contributed by atoms with van der Waals surface area (Å²) in [5, 5.41) is 13.6. The van der Waals surface area contributed by atoms with E-state index in [1.54, 1.807) is 18.1 Å². The van der Waals surface area contributed by atoms with E-state index in [4.69, 9.17) is 0 Å². The number of amides is 1. The van der Waals surface area contributed by atoms with E-state index >= 15 is 0 Å². The number of nitrogens with one attached hydrogen (secondary N) is 1. The number of nitrogens with zero attached hydrogens (tertiary/aromatic N) is 3. The Kier molecular flexibility index (Phi) is 3.41. The van der Waals surface area contributed by atoms with E-state index in [2.05, 4.69) is 10.3 Å². The van der Waals surface area contributed by atoms with Crippen molar-refractivity contribution in [2.45, 2.75) is 44.2 Å². The molecule has 3 rings (SSSR count). The van der Waals surface area contributed by atoms with Gasteiger partial charge in [-0.1, -0.05) is 12.8 Å². The number of anilines is 1. The molecule has 1 saturated carbocycles. The third kappa shape index (κ3) is 2.52. The molecule has 0 spiro atoms. The molecule has 1 aromatic rings. The predicted molar refractivity (Wildman–Crippen MR) is 75.7 cm³/mol. The molecule has 0 aromatic carbocycles. The fraction of sp³-hybridized carbons (Fsp3) is 0.714. The molecule has 2 heterocycles. The van der Waals surface area contributed by atoms with Crippen LogP contribution in [0.2, 0.25) is 0 Å². The topological polar surface area (TPSA) is 70.4 Å². The monoisotopic (exact) mass is 278 g/mol. The smallest absolute Gasteiger partial charge is 0.273 e. The summed E-state index contributed by atoms with van der Waals surface area (Å²) >= 11 is 0. The van der Waals surface area contributed by atoms with Gasteiger partial charge in [-0.2, -0.15) is 0 Å². The number of likely N-dealkylation sites (N-methyl/N-ethyl adjacent to an activating group) is 1. The van der Waals surface area contributed by atoms with Crippen LogP contribution in [0.5, 0.6) is 0 Å². The normalized spacial score (nSPS) is 20.3. The molecule has 6 nitrogen and oxygen atoms in total. The second kappa shape index (κ2) is 5.09. The summed E-state index contributed by atoms with van der Waals surface area (Å²) in [6, 6.07) is 0. The molecule has 1 aromatic heterocycles. The average Bonchev–Trinajstić information content (AvgIpc) is 3.03. The van der Waals surface area contributed by atoms with E-state index < -0.39 is 5.60 Å². The Labute approximate surface area is 118 Å². The number of carbonyl (C=O) groups is 1. The van der Waals surface area contributed by atoms with E-state index in [9.17, 15) is 9.90 Å². The molecule has 1 aliphatic carbocycles. The zero-order valence-electron chi connectivity index (χ0n) is 11.9. The number of aromatic nitrogens is 2. The second-order valence-corrected chi connectivity index (χ2v) is 6.02. The van der Waals surface area contributed by atoms with E-state index in [-0.39, 0.29) is 5.91 Å². The van der Waals surface area contributed by atoms with Crippen molar-refractivity contribution in [3.8, 4) is 0 Å². The summed E-state index contributed by atoms with van der Waals surface area (Å²) < 4.78 is 1.98. The van der Waals surface area contributed by atoms with Crippen molar-refractivity contribution in [3.05, 3.63) is 11.9 Å². The highest BCUT2D eigenvalue weighted by atomic mass is 16.3. The molecule has 6 heteroatoms. The van der Waals surface area contributed by atoms with Crippen molar-refractivity contribution in [1.82, 2.24) is 14.5 Å². The van der Waals surface area contributed by atoms with Crippen molar-refractivity contribution in [2.75, 3.05) is 25.5 Å². The van der Waals surface area contributed by atoms with Crippen LogP contribution in [-0.4, -0.2) is 51.2 Å². The predicted octanol–water partition coefficient (Wildman–Crippen LogP) is 1.08. The van der Waals surface area contributed by atoms with Crippen molar-refractivity contribution >= 4 is 11.9 Å². The number of aryl methyl sites for hydroxylation is 1. The molecule has 0 bridgehead atoms. The molecule has 0 atom stereocenters. The zero-order valence-corrected chi connectivity index (χ0v) is 11.9. The summed E-state index contributed by atoms with van der Waals surface area (Å²) in [6.07, 6.45) is 6.51. The number of carbonyl (C=O) groups excluding carboxylic acids is 1. The van der Waals surface area contributed by atoms with E-state index in [1.807, 2.05) is 4.57 Å². The highest BCUT2D eigenvalue weighted by Crippen LogP contribution is 2.30. The van der Waals surface area contributed by atoms with E-state index in [1.165, 1.54) is 0 Å². The summed E-state index contributed by atoms with van der Waals surface area (Å²) in [6.45, 7) is 2.19. The molecule has 110 valence electrons. The lowest BCUT2D eigenvalue weighted by atomic mass is 10.0. The first-order valence-electron chi connectivity index (χ1n) is 7.36. The Morgan fingerprint density at radius 1 is 1.50 bits per heavy atom. The lowest BCUT2D eigenvalue weighted by molar-refractivity contribution is 0.0155. The molecular weight excluding hydrogens is 256 g/mol. The molecule has 2 aliphatic rings. The maximum absolute atomic E-state index is 12.4. The minimum atomic E-state index is -0.706. The molecular formula is C14H22N4O2. The van der Waals surface area contributed by atoms with Crippen LogP contribution in [0.1, 0.15) is 42.6 Å². The van der Waals surface area contributed by atoms with Gasteiger partial charge < -0.3 is 19.9 Å². The van der Waals surface area contributed by atoms with Crippen LogP contribution in [0.15, 0.2) is 6.20 Å². The minimum Gasteiger partial charge on any atom is -0.388 e. The number of aliphatic hydroxyl groups is 1. The molecule has 1 aliphatic heterocycles. The van der Waals surface area contributed by atoms with Crippen LogP contribution in [0.25, 0.3) is 0 Å². The first-order chi connectivity index (χ1) is 9.57. The third-order valence-corrected chi connectivity index (χ3v) is 4.27. The second-order valence-electron chi connectivity index (χ2n) is 6.02. The maximum Gasteiger partial charge on any atom is 0.273 e. The molecule has 0 radical (unpaired) electrons. The van der Waals surface area contributed by atoms with Crippen LogP contribution in [-0.2, 0) is 6.54 Å². The summed E-state index contributed by atoms with van der Waals surface area (Å²) in [4.78, 5) is 18.3. The van der Waals surface area contributed by atoms with Gasteiger partial charge in [-0.05, 0) is 19.3 Å². The Morgan fingerprint density at radius 2 is 2.25 bits per heavy atom. The number of imidazole rings is 1. The SMILES string of the molecule is CN(CC1(O)CCCC1)C(=O)c1cn2c(n1)NCCC2. The van der Waals surface area contributed by atoms with Gasteiger partial charge in [-0.15, -0.1) is 0 Å². The quantitative estimate of drug-likeness (QED) is 0.868. The zero-order chi connectivity index (χ0) is 14.2. The largest absolute Gasteiger partial charge is 0.388 e. The van der Waals surface area contributed by atoms with Crippen molar-refractivity contribution in [2.24, 2.45) is 0 Å². The van der Waals surface area contributed by atoms with Gasteiger partial charge >= 0.3 is 0 Å². The van der Waals surface area contributed by atoms with E-state index in [0.29, 0.717) is 12.2 Å². The Morgan fingerprint density at radius 3 is 2.95 bits per heavy atom. The van der Waals surface area contributed by atoms with Gasteiger partial charge in [0, 0.05) is 32.9 Å². The van der Waals surface area contributed by atoms with Gasteiger partial charge in [-0.3, -0.25) is 4.79 Å². The summed E-state index contributed by atoms with van der Waals surface area (Å²) in [5.41, 5.74) is -0.249. The standard InChI is InChI=1S/C14H22N4O2/c1-17(10-14(20)5-2-3-6-14)12(19)11-9-18-8-4-7-15-13(18)16-11/h9,20H,2-8,10H2,1H3,(H,15,16). The van der Waals surface area contributed by atoms with Gasteiger partial charge in [0.2, 0.25) is 5.95 Å². The maximum atomic E-state index is 12.4. The van der Waals surface area contributed by atoms with Gasteiger partial charge in [0.1, 0.15) is 5.69 Å². The Hall–Kier alpha value is -1.56. The molecule has 0 unspecified atom stereocenters.